The summed E-state index contributed by atoms with van der Waals surface area (Å²) in [6.45, 7) is 13.7. The van der Waals surface area contributed by atoms with Crippen molar-refractivity contribution in [3.63, 3.8) is 0 Å². The maximum absolute atomic E-state index is 13.3. The van der Waals surface area contributed by atoms with Gasteiger partial charge in [0.15, 0.2) is 0 Å². The van der Waals surface area contributed by atoms with E-state index in [0.29, 0.717) is 68.1 Å². The zero-order valence-electron chi connectivity index (χ0n) is 23.1. The average Bonchev–Trinajstić information content (AvgIpc) is 2.74. The van der Waals surface area contributed by atoms with Crippen molar-refractivity contribution in [3.8, 4) is 0 Å². The number of hydrogen-bond acceptors (Lipinski definition) is 2. The van der Waals surface area contributed by atoms with E-state index in [9.17, 15) is 28.7 Å². The average molecular weight is 533 g/mol. The van der Waals surface area contributed by atoms with Crippen LogP contribution < -0.4 is 0 Å². The molecule has 0 heterocycles. The molecule has 0 aliphatic carbocycles. The minimum atomic E-state index is -4.61. The number of hydrogen-bond donors (Lipinski definition) is 4. The van der Waals surface area contributed by atoms with Crippen LogP contribution in [0.15, 0.2) is 6.07 Å². The van der Waals surface area contributed by atoms with Crippen LogP contribution in [-0.4, -0.2) is 19.6 Å². The molecule has 0 amide bonds. The van der Waals surface area contributed by atoms with Crippen molar-refractivity contribution in [2.24, 2.45) is 0 Å². The molecular weight excluding hydrogens is 482 g/mol. The molecule has 0 radical (unpaired) electrons. The van der Waals surface area contributed by atoms with Crippen LogP contribution >= 0.6 is 15.2 Å². The highest BCUT2D eigenvalue weighted by atomic mass is 31.2. The summed E-state index contributed by atoms with van der Waals surface area (Å²) in [6, 6.07) is 1.91. The number of unbranched alkanes of at least 4 members (excludes halogenated alkanes) is 4. The predicted octanol–water partition coefficient (Wildman–Crippen LogP) is 8.12. The molecule has 1 aromatic rings. The molecule has 1 rings (SSSR count). The van der Waals surface area contributed by atoms with Crippen molar-refractivity contribution in [3.05, 3.63) is 33.9 Å². The topological polar surface area (TPSA) is 115 Å². The first-order valence-corrected chi connectivity index (χ1v) is 16.7. The van der Waals surface area contributed by atoms with E-state index < -0.39 is 25.5 Å². The summed E-state index contributed by atoms with van der Waals surface area (Å²) in [5.74, 6) is 0. The summed E-state index contributed by atoms with van der Waals surface area (Å²) < 4.78 is 26.6. The van der Waals surface area contributed by atoms with Gasteiger partial charge in [-0.05, 0) is 74.3 Å². The fourth-order valence-corrected chi connectivity index (χ4v) is 9.19. The minimum Gasteiger partial charge on any atom is -0.324 e. The van der Waals surface area contributed by atoms with Gasteiger partial charge in [0, 0.05) is 0 Å². The highest BCUT2D eigenvalue weighted by molar-refractivity contribution is 7.53. The molecule has 35 heavy (non-hydrogen) atoms. The van der Waals surface area contributed by atoms with Crippen LogP contribution in [0.2, 0.25) is 0 Å². The van der Waals surface area contributed by atoms with Crippen molar-refractivity contribution in [1.82, 2.24) is 0 Å². The quantitative estimate of drug-likeness (QED) is 0.160. The van der Waals surface area contributed by atoms with Crippen LogP contribution in [0.3, 0.4) is 0 Å². The zero-order chi connectivity index (χ0) is 27.1. The second-order valence-corrected chi connectivity index (χ2v) is 14.3. The summed E-state index contributed by atoms with van der Waals surface area (Å²) in [5, 5.41) is -2.71. The van der Waals surface area contributed by atoms with E-state index >= 15 is 0 Å². The Kier molecular flexibility index (Phi) is 12.4. The maximum atomic E-state index is 13.3. The summed E-state index contributed by atoms with van der Waals surface area (Å²) in [6.07, 6.45) is 7.34. The summed E-state index contributed by atoms with van der Waals surface area (Å²) in [5.41, 5.74) is 3.47. The van der Waals surface area contributed by atoms with Gasteiger partial charge in [-0.1, -0.05) is 85.1 Å². The van der Waals surface area contributed by atoms with Crippen LogP contribution in [0.4, 0.5) is 0 Å². The van der Waals surface area contributed by atoms with Crippen molar-refractivity contribution in [1.29, 1.82) is 0 Å². The number of aryl methyl sites for hydroxylation is 2. The molecule has 0 aliphatic heterocycles. The molecule has 4 N–H and O–H groups in total. The Morgan fingerprint density at radius 1 is 0.600 bits per heavy atom. The van der Waals surface area contributed by atoms with Gasteiger partial charge in [0.2, 0.25) is 0 Å². The molecule has 0 atom stereocenters. The molecule has 0 spiro atoms. The van der Waals surface area contributed by atoms with E-state index in [0.717, 1.165) is 36.8 Å². The van der Waals surface area contributed by atoms with E-state index in [4.69, 9.17) is 0 Å². The molecule has 0 saturated heterocycles. The second-order valence-electron chi connectivity index (χ2n) is 10.5. The molecule has 1 aromatic carbocycles. The van der Waals surface area contributed by atoms with Crippen molar-refractivity contribution in [2.45, 2.75) is 136 Å². The molecule has 0 unspecified atom stereocenters. The summed E-state index contributed by atoms with van der Waals surface area (Å²) >= 11 is 0. The van der Waals surface area contributed by atoms with Crippen LogP contribution in [0.25, 0.3) is 0 Å². The first-order chi connectivity index (χ1) is 16.2. The van der Waals surface area contributed by atoms with Crippen LogP contribution in [0.1, 0.15) is 133 Å². The zero-order valence-corrected chi connectivity index (χ0v) is 24.9. The number of rotatable bonds is 16. The predicted molar refractivity (Wildman–Crippen MR) is 146 cm³/mol. The molecule has 0 saturated carbocycles. The van der Waals surface area contributed by atoms with Gasteiger partial charge in [0.05, 0.1) is 10.3 Å². The largest absolute Gasteiger partial charge is 0.336 e. The lowest BCUT2D eigenvalue weighted by molar-refractivity contribution is 0.295. The van der Waals surface area contributed by atoms with Crippen LogP contribution in [-0.2, 0) is 19.4 Å². The Morgan fingerprint density at radius 2 is 0.857 bits per heavy atom. The van der Waals surface area contributed by atoms with Crippen LogP contribution in [0.5, 0.6) is 0 Å². The first kappa shape index (κ1) is 32.5. The highest BCUT2D eigenvalue weighted by Crippen LogP contribution is 2.67. The lowest BCUT2D eigenvalue weighted by atomic mass is 9.75. The minimum absolute atomic E-state index is 0.352. The van der Waals surface area contributed by atoms with Gasteiger partial charge in [-0.2, -0.15) is 0 Å². The van der Waals surface area contributed by atoms with Gasteiger partial charge in [0.25, 0.3) is 0 Å². The normalized spacial score (nSPS) is 13.5. The molecule has 0 bridgehead atoms. The van der Waals surface area contributed by atoms with Crippen molar-refractivity contribution in [2.75, 3.05) is 0 Å². The number of benzene rings is 1. The molecule has 0 aliphatic rings. The van der Waals surface area contributed by atoms with Crippen molar-refractivity contribution < 1.29 is 28.7 Å². The Hall–Kier alpha value is -0.480. The second kappa shape index (κ2) is 13.4. The molecule has 8 heteroatoms. The molecular formula is C27H50O6P2. The lowest BCUT2D eigenvalue weighted by Gasteiger charge is -2.42. The third kappa shape index (κ3) is 6.89. The highest BCUT2D eigenvalue weighted by Gasteiger charge is 2.53. The lowest BCUT2D eigenvalue weighted by Crippen LogP contribution is -2.33. The first-order valence-electron chi connectivity index (χ1n) is 13.4. The smallest absolute Gasteiger partial charge is 0.324 e. The van der Waals surface area contributed by atoms with Crippen LogP contribution in [0, 0.1) is 20.8 Å². The monoisotopic (exact) mass is 532 g/mol. The fraction of sp³-hybridized carbons (Fsp3) is 0.778. The van der Waals surface area contributed by atoms with Gasteiger partial charge >= 0.3 is 15.2 Å². The fourth-order valence-electron chi connectivity index (χ4n) is 6.12. The summed E-state index contributed by atoms with van der Waals surface area (Å²) in [4.78, 5) is 43.4. The molecule has 204 valence electrons. The summed E-state index contributed by atoms with van der Waals surface area (Å²) in [7, 11) is -9.21. The van der Waals surface area contributed by atoms with Gasteiger partial charge in [-0.3, -0.25) is 9.13 Å². The maximum Gasteiger partial charge on any atom is 0.336 e. The molecule has 0 aromatic heterocycles. The Labute approximate surface area is 213 Å². The Morgan fingerprint density at radius 3 is 1.06 bits per heavy atom. The third-order valence-corrected chi connectivity index (χ3v) is 11.4. The third-order valence-electron chi connectivity index (χ3n) is 7.79. The van der Waals surface area contributed by atoms with E-state index in [1.165, 1.54) is 0 Å². The van der Waals surface area contributed by atoms with Gasteiger partial charge in [-0.25, -0.2) is 0 Å². The van der Waals surface area contributed by atoms with E-state index in [1.807, 2.05) is 54.5 Å². The van der Waals surface area contributed by atoms with E-state index in [-0.39, 0.29) is 0 Å². The van der Waals surface area contributed by atoms with E-state index in [2.05, 4.69) is 0 Å². The standard InChI is InChI=1S/C27H50O6P2/c1-8-12-16-26(17-13-9-2,34(28,29)30)24-21(5)20-22(6)25(23(24)7)27(18-14-10-3,19-15-11-4)35(31,32)33/h20H,8-19H2,1-7H3,(H2,28,29,30)(H2,31,32,33). The Balaban J connectivity index is 4.20. The Bertz CT molecular complexity index is 828. The van der Waals surface area contributed by atoms with E-state index in [1.54, 1.807) is 0 Å². The van der Waals surface area contributed by atoms with Gasteiger partial charge in [0.1, 0.15) is 0 Å². The molecule has 0 fully saturated rings. The van der Waals surface area contributed by atoms with Gasteiger partial charge < -0.3 is 19.6 Å². The van der Waals surface area contributed by atoms with Crippen molar-refractivity contribution >= 4 is 15.2 Å². The van der Waals surface area contributed by atoms with Gasteiger partial charge in [-0.15, -0.1) is 0 Å². The SMILES string of the molecule is CCCCC(CCCC)(c1c(C)cc(C)c(C(CCCC)(CCCC)P(=O)(O)O)c1C)P(=O)(O)O. The molecule has 6 nitrogen and oxygen atoms in total.